The summed E-state index contributed by atoms with van der Waals surface area (Å²) in [6.45, 7) is 1.62. The van der Waals surface area contributed by atoms with Gasteiger partial charge in [0.15, 0.2) is 0 Å². The first-order valence-corrected chi connectivity index (χ1v) is 9.11. The summed E-state index contributed by atoms with van der Waals surface area (Å²) in [5.74, 6) is 2.31. The number of hydrogen-bond acceptors (Lipinski definition) is 4. The summed E-state index contributed by atoms with van der Waals surface area (Å²) in [7, 11) is 5.64. The Hall–Kier alpha value is -2.56. The van der Waals surface area contributed by atoms with Gasteiger partial charge in [-0.2, -0.15) is 0 Å². The quantitative estimate of drug-likeness (QED) is 0.829. The minimum atomic E-state index is 0.185. The van der Waals surface area contributed by atoms with Gasteiger partial charge in [-0.15, -0.1) is 0 Å². The third-order valence-corrected chi connectivity index (χ3v) is 4.96. The Balaban J connectivity index is 1.67. The summed E-state index contributed by atoms with van der Waals surface area (Å²) in [6, 6.07) is 12.0. The summed E-state index contributed by atoms with van der Waals surface area (Å²) in [4.78, 5) is 21.2. The highest BCUT2D eigenvalue weighted by atomic mass is 16.5. The number of anilines is 1. The number of pyridine rings is 1. The van der Waals surface area contributed by atoms with E-state index in [0.29, 0.717) is 12.3 Å². The maximum atomic E-state index is 12.8. The average Bonchev–Trinajstić information content (AvgIpc) is 2.68. The number of aromatic nitrogens is 1. The molecule has 1 fully saturated rings. The highest BCUT2D eigenvalue weighted by Crippen LogP contribution is 2.28. The molecule has 2 heterocycles. The summed E-state index contributed by atoms with van der Waals surface area (Å²) in [6.07, 6.45) is 4.43. The largest absolute Gasteiger partial charge is 0.497 e. The van der Waals surface area contributed by atoms with Crippen LogP contribution in [0.15, 0.2) is 42.6 Å². The van der Waals surface area contributed by atoms with Gasteiger partial charge >= 0.3 is 0 Å². The Bertz CT molecular complexity index is 760. The number of carbonyl (C=O) groups excluding carboxylic acids is 1. The fourth-order valence-electron chi connectivity index (χ4n) is 3.48. The molecule has 3 rings (SSSR count). The Morgan fingerprint density at radius 1 is 1.31 bits per heavy atom. The van der Waals surface area contributed by atoms with Crippen molar-refractivity contribution >= 4 is 11.7 Å². The molecule has 5 heteroatoms. The molecule has 0 spiro atoms. The Morgan fingerprint density at radius 3 is 2.92 bits per heavy atom. The molecule has 0 aliphatic carbocycles. The number of ether oxygens (including phenoxy) is 1. The van der Waals surface area contributed by atoms with Gasteiger partial charge in [0.25, 0.3) is 0 Å². The highest BCUT2D eigenvalue weighted by Gasteiger charge is 2.25. The zero-order valence-electron chi connectivity index (χ0n) is 15.8. The van der Waals surface area contributed by atoms with Gasteiger partial charge in [0.1, 0.15) is 11.6 Å². The smallest absolute Gasteiger partial charge is 0.227 e. The van der Waals surface area contributed by atoms with Gasteiger partial charge in [-0.3, -0.25) is 4.79 Å². The molecule has 1 unspecified atom stereocenters. The Kier molecular flexibility index (Phi) is 5.76. The summed E-state index contributed by atoms with van der Waals surface area (Å²) < 4.78 is 5.25. The van der Waals surface area contributed by atoms with Crippen LogP contribution >= 0.6 is 0 Å². The average molecular weight is 353 g/mol. The van der Waals surface area contributed by atoms with Crippen molar-refractivity contribution in [2.45, 2.75) is 25.2 Å². The van der Waals surface area contributed by atoms with Crippen LogP contribution in [-0.4, -0.2) is 50.1 Å². The van der Waals surface area contributed by atoms with Crippen molar-refractivity contribution in [3.05, 3.63) is 53.7 Å². The van der Waals surface area contributed by atoms with E-state index < -0.39 is 0 Å². The molecular weight excluding hydrogens is 326 g/mol. The Morgan fingerprint density at radius 2 is 2.15 bits per heavy atom. The van der Waals surface area contributed by atoms with E-state index >= 15 is 0 Å². The molecular formula is C21H27N3O2. The number of likely N-dealkylation sites (tertiary alicyclic amines) is 1. The van der Waals surface area contributed by atoms with Crippen molar-refractivity contribution in [3.63, 3.8) is 0 Å². The maximum Gasteiger partial charge on any atom is 0.227 e. The molecule has 1 aliphatic heterocycles. The summed E-state index contributed by atoms with van der Waals surface area (Å²) in [5.41, 5.74) is 2.26. The van der Waals surface area contributed by atoms with E-state index in [4.69, 9.17) is 4.74 Å². The molecule has 5 nitrogen and oxygen atoms in total. The molecule has 0 bridgehead atoms. The van der Waals surface area contributed by atoms with Gasteiger partial charge in [0, 0.05) is 39.3 Å². The van der Waals surface area contributed by atoms with E-state index in [1.165, 1.54) is 5.56 Å². The van der Waals surface area contributed by atoms with Crippen molar-refractivity contribution < 1.29 is 9.53 Å². The van der Waals surface area contributed by atoms with Gasteiger partial charge in [-0.1, -0.05) is 12.1 Å². The van der Waals surface area contributed by atoms with Crippen molar-refractivity contribution in [3.8, 4) is 5.75 Å². The molecule has 138 valence electrons. The minimum Gasteiger partial charge on any atom is -0.497 e. The van der Waals surface area contributed by atoms with E-state index in [2.05, 4.69) is 17.1 Å². The second-order valence-corrected chi connectivity index (χ2v) is 7.05. The number of nitrogens with zero attached hydrogens (tertiary/aromatic N) is 3. The first kappa shape index (κ1) is 18.2. The van der Waals surface area contributed by atoms with Gasteiger partial charge < -0.3 is 14.5 Å². The maximum absolute atomic E-state index is 12.8. The lowest BCUT2D eigenvalue weighted by atomic mass is 9.91. The second-order valence-electron chi connectivity index (χ2n) is 7.05. The fraction of sp³-hybridized carbons (Fsp3) is 0.429. The minimum absolute atomic E-state index is 0.185. The van der Waals surface area contributed by atoms with E-state index in [1.54, 1.807) is 7.11 Å². The van der Waals surface area contributed by atoms with E-state index in [0.717, 1.165) is 43.1 Å². The van der Waals surface area contributed by atoms with Crippen LogP contribution in [0, 0.1) is 0 Å². The molecule has 1 aromatic heterocycles. The van der Waals surface area contributed by atoms with E-state index in [1.807, 2.05) is 54.4 Å². The Labute approximate surface area is 155 Å². The van der Waals surface area contributed by atoms with Crippen molar-refractivity contribution in [1.29, 1.82) is 0 Å². The third-order valence-electron chi connectivity index (χ3n) is 4.96. The molecule has 1 amide bonds. The number of piperidine rings is 1. The molecule has 1 aliphatic rings. The number of amides is 1. The van der Waals surface area contributed by atoms with Gasteiger partial charge in [-0.25, -0.2) is 4.98 Å². The van der Waals surface area contributed by atoms with Crippen LogP contribution < -0.4 is 9.64 Å². The topological polar surface area (TPSA) is 45.7 Å². The predicted molar refractivity (Wildman–Crippen MR) is 104 cm³/mol. The normalized spacial score (nSPS) is 17.0. The molecule has 1 atom stereocenters. The third kappa shape index (κ3) is 4.34. The molecule has 26 heavy (non-hydrogen) atoms. The van der Waals surface area contributed by atoms with Gasteiger partial charge in [-0.05, 0) is 48.2 Å². The van der Waals surface area contributed by atoms with Gasteiger partial charge in [0.2, 0.25) is 5.91 Å². The van der Waals surface area contributed by atoms with Crippen LogP contribution in [0.3, 0.4) is 0 Å². The number of benzene rings is 1. The number of hydrogen-bond donors (Lipinski definition) is 0. The lowest BCUT2D eigenvalue weighted by Gasteiger charge is -2.33. The zero-order valence-corrected chi connectivity index (χ0v) is 15.8. The van der Waals surface area contributed by atoms with Gasteiger partial charge in [0.05, 0.1) is 13.5 Å². The lowest BCUT2D eigenvalue weighted by Crippen LogP contribution is -2.40. The molecule has 0 radical (unpaired) electrons. The van der Waals surface area contributed by atoms with Crippen molar-refractivity contribution in [2.75, 3.05) is 39.2 Å². The monoisotopic (exact) mass is 353 g/mol. The molecule has 0 N–H and O–H groups in total. The first-order chi connectivity index (χ1) is 12.6. The molecule has 2 aromatic rings. The van der Waals surface area contributed by atoms with E-state index in [-0.39, 0.29) is 5.91 Å². The second kappa shape index (κ2) is 8.21. The first-order valence-electron chi connectivity index (χ1n) is 9.11. The van der Waals surface area contributed by atoms with E-state index in [9.17, 15) is 4.79 Å². The number of rotatable bonds is 5. The van der Waals surface area contributed by atoms with Crippen LogP contribution in [0.4, 0.5) is 5.82 Å². The molecule has 0 saturated carbocycles. The molecule has 1 aromatic carbocycles. The predicted octanol–water partition coefficient (Wildman–Crippen LogP) is 3.10. The van der Waals surface area contributed by atoms with Crippen LogP contribution in [0.1, 0.15) is 29.9 Å². The number of methoxy groups -OCH3 is 1. The zero-order chi connectivity index (χ0) is 18.5. The van der Waals surface area contributed by atoms with Crippen molar-refractivity contribution in [2.24, 2.45) is 0 Å². The SMILES string of the molecule is COc1cccc(CC(=O)N2CCCC(c3ccnc(N(C)C)c3)C2)c1. The van der Waals surface area contributed by atoms with Crippen molar-refractivity contribution in [1.82, 2.24) is 9.88 Å². The number of carbonyl (C=O) groups is 1. The lowest BCUT2D eigenvalue weighted by molar-refractivity contribution is -0.131. The standard InChI is InChI=1S/C21H27N3O2/c1-23(2)20-14-17(9-10-22-20)18-7-5-11-24(15-18)21(25)13-16-6-4-8-19(12-16)26-3/h4,6,8-10,12,14,18H,5,7,11,13,15H2,1-3H3. The summed E-state index contributed by atoms with van der Waals surface area (Å²) in [5, 5.41) is 0. The highest BCUT2D eigenvalue weighted by molar-refractivity contribution is 5.79. The fourth-order valence-corrected chi connectivity index (χ4v) is 3.48. The van der Waals surface area contributed by atoms with Crippen LogP contribution in [0.25, 0.3) is 0 Å². The summed E-state index contributed by atoms with van der Waals surface area (Å²) >= 11 is 0. The molecule has 1 saturated heterocycles. The van der Waals surface area contributed by atoms with Crippen LogP contribution in [0.5, 0.6) is 5.75 Å². The van der Waals surface area contributed by atoms with Crippen LogP contribution in [0.2, 0.25) is 0 Å². The van der Waals surface area contributed by atoms with Crippen LogP contribution in [-0.2, 0) is 11.2 Å².